The van der Waals surface area contributed by atoms with E-state index in [1.807, 2.05) is 18.2 Å². The van der Waals surface area contributed by atoms with Crippen LogP contribution in [-0.4, -0.2) is 22.2 Å². The summed E-state index contributed by atoms with van der Waals surface area (Å²) in [7, 11) is 0. The monoisotopic (exact) mass is 333 g/mol. The first-order valence-corrected chi connectivity index (χ1v) is 8.46. The number of nitrogens with one attached hydrogen (secondary N) is 2. The van der Waals surface area contributed by atoms with Crippen LogP contribution < -0.4 is 5.43 Å². The SMILES string of the molecule is O=C(N/N=C/c1ccc(O)cc1)c1ccc2[nH]c3c(c2c1)CCCC3. The number of aromatic amines is 1. The van der Waals surface area contributed by atoms with Crippen LogP contribution >= 0.6 is 0 Å². The number of nitrogens with zero attached hydrogens (tertiary/aromatic N) is 1. The fraction of sp³-hybridized carbons (Fsp3) is 0.200. The molecule has 0 aliphatic heterocycles. The molecule has 1 aliphatic rings. The van der Waals surface area contributed by atoms with E-state index in [0.717, 1.165) is 29.3 Å². The van der Waals surface area contributed by atoms with Gasteiger partial charge in [-0.25, -0.2) is 5.43 Å². The molecule has 0 saturated heterocycles. The van der Waals surface area contributed by atoms with Crippen molar-refractivity contribution in [2.24, 2.45) is 5.10 Å². The molecule has 2 aromatic carbocycles. The minimum Gasteiger partial charge on any atom is -0.508 e. The smallest absolute Gasteiger partial charge is 0.271 e. The fourth-order valence-electron chi connectivity index (χ4n) is 3.34. The molecule has 0 atom stereocenters. The number of amides is 1. The molecule has 5 nitrogen and oxygen atoms in total. The molecule has 1 aromatic heterocycles. The van der Waals surface area contributed by atoms with Gasteiger partial charge in [0.15, 0.2) is 0 Å². The third-order valence-electron chi connectivity index (χ3n) is 4.63. The van der Waals surface area contributed by atoms with Crippen LogP contribution in [0.25, 0.3) is 10.9 Å². The molecule has 25 heavy (non-hydrogen) atoms. The van der Waals surface area contributed by atoms with Gasteiger partial charge in [0.05, 0.1) is 6.21 Å². The lowest BCUT2D eigenvalue weighted by molar-refractivity contribution is 0.0955. The number of phenolic OH excluding ortho intramolecular Hbond substituents is 1. The number of aryl methyl sites for hydroxylation is 2. The first kappa shape index (κ1) is 15.4. The van der Waals surface area contributed by atoms with Gasteiger partial charge in [-0.3, -0.25) is 4.79 Å². The highest BCUT2D eigenvalue weighted by Gasteiger charge is 2.16. The Hall–Kier alpha value is -3.08. The average Bonchev–Trinajstić information content (AvgIpc) is 3.01. The number of aromatic nitrogens is 1. The van der Waals surface area contributed by atoms with Gasteiger partial charge in [-0.05, 0) is 79.3 Å². The topological polar surface area (TPSA) is 77.5 Å². The lowest BCUT2D eigenvalue weighted by atomic mass is 9.95. The summed E-state index contributed by atoms with van der Waals surface area (Å²) < 4.78 is 0. The summed E-state index contributed by atoms with van der Waals surface area (Å²) in [5.74, 6) is -0.0352. The van der Waals surface area contributed by atoms with Crippen molar-refractivity contribution in [3.63, 3.8) is 0 Å². The summed E-state index contributed by atoms with van der Waals surface area (Å²) in [5, 5.41) is 14.4. The molecule has 0 unspecified atom stereocenters. The number of H-pyrrole nitrogens is 1. The molecule has 1 heterocycles. The first-order valence-electron chi connectivity index (χ1n) is 8.46. The summed E-state index contributed by atoms with van der Waals surface area (Å²) in [6, 6.07) is 12.3. The van der Waals surface area contributed by atoms with Gasteiger partial charge in [0.25, 0.3) is 5.91 Å². The van der Waals surface area contributed by atoms with E-state index >= 15 is 0 Å². The molecular formula is C20H19N3O2. The van der Waals surface area contributed by atoms with E-state index in [0.29, 0.717) is 5.56 Å². The summed E-state index contributed by atoms with van der Waals surface area (Å²) in [4.78, 5) is 15.8. The normalized spacial score (nSPS) is 13.9. The van der Waals surface area contributed by atoms with Crippen LogP contribution in [0.3, 0.4) is 0 Å². The summed E-state index contributed by atoms with van der Waals surface area (Å²) in [6.45, 7) is 0. The highest BCUT2D eigenvalue weighted by atomic mass is 16.3. The van der Waals surface area contributed by atoms with Crippen LogP contribution in [0.1, 0.15) is 40.0 Å². The Morgan fingerprint density at radius 3 is 2.76 bits per heavy atom. The van der Waals surface area contributed by atoms with Gasteiger partial charge in [0, 0.05) is 22.2 Å². The lowest BCUT2D eigenvalue weighted by Gasteiger charge is -2.10. The summed E-state index contributed by atoms with van der Waals surface area (Å²) in [5.41, 5.74) is 7.71. The minimum atomic E-state index is -0.234. The second kappa shape index (κ2) is 6.43. The first-order chi connectivity index (χ1) is 12.2. The predicted octanol–water partition coefficient (Wildman–Crippen LogP) is 3.52. The molecule has 0 radical (unpaired) electrons. The van der Waals surface area contributed by atoms with Crippen LogP contribution in [0.2, 0.25) is 0 Å². The fourth-order valence-corrected chi connectivity index (χ4v) is 3.34. The second-order valence-electron chi connectivity index (χ2n) is 6.34. The maximum atomic E-state index is 12.3. The number of phenols is 1. The summed E-state index contributed by atoms with van der Waals surface area (Å²) in [6.07, 6.45) is 6.13. The molecular weight excluding hydrogens is 314 g/mol. The Morgan fingerprint density at radius 2 is 1.92 bits per heavy atom. The molecule has 4 rings (SSSR count). The van der Waals surface area contributed by atoms with Gasteiger partial charge in [0.1, 0.15) is 5.75 Å². The largest absolute Gasteiger partial charge is 0.508 e. The third kappa shape index (κ3) is 3.13. The van der Waals surface area contributed by atoms with Crippen molar-refractivity contribution in [1.82, 2.24) is 10.4 Å². The molecule has 0 bridgehead atoms. The number of hydrazone groups is 1. The molecule has 3 N–H and O–H groups in total. The van der Waals surface area contributed by atoms with Gasteiger partial charge >= 0.3 is 0 Å². The Morgan fingerprint density at radius 1 is 1.12 bits per heavy atom. The number of rotatable bonds is 3. The molecule has 1 aliphatic carbocycles. The number of aromatic hydroxyl groups is 1. The zero-order chi connectivity index (χ0) is 17.2. The van der Waals surface area contributed by atoms with Crippen LogP contribution in [0.15, 0.2) is 47.6 Å². The maximum absolute atomic E-state index is 12.3. The molecule has 0 fully saturated rings. The number of hydrogen-bond donors (Lipinski definition) is 3. The van der Waals surface area contributed by atoms with Gasteiger partial charge in [-0.15, -0.1) is 0 Å². The number of fused-ring (bicyclic) bond motifs is 3. The summed E-state index contributed by atoms with van der Waals surface area (Å²) >= 11 is 0. The number of benzene rings is 2. The third-order valence-corrected chi connectivity index (χ3v) is 4.63. The molecule has 0 spiro atoms. The second-order valence-corrected chi connectivity index (χ2v) is 6.34. The Bertz CT molecular complexity index is 955. The van der Waals surface area contributed by atoms with E-state index in [-0.39, 0.29) is 11.7 Å². The zero-order valence-corrected chi connectivity index (χ0v) is 13.7. The van der Waals surface area contributed by atoms with E-state index in [1.165, 1.54) is 24.1 Å². The quantitative estimate of drug-likeness (QED) is 0.506. The maximum Gasteiger partial charge on any atom is 0.271 e. The molecule has 3 aromatic rings. The zero-order valence-electron chi connectivity index (χ0n) is 13.7. The molecule has 5 heteroatoms. The van der Waals surface area contributed by atoms with Crippen molar-refractivity contribution in [2.45, 2.75) is 25.7 Å². The Balaban J connectivity index is 1.52. The van der Waals surface area contributed by atoms with Crippen molar-refractivity contribution in [3.8, 4) is 5.75 Å². The Kier molecular flexibility index (Phi) is 3.98. The van der Waals surface area contributed by atoms with E-state index in [1.54, 1.807) is 30.5 Å². The van der Waals surface area contributed by atoms with Crippen molar-refractivity contribution < 1.29 is 9.90 Å². The molecule has 1 amide bonds. The minimum absolute atomic E-state index is 0.198. The van der Waals surface area contributed by atoms with Crippen molar-refractivity contribution >= 4 is 23.0 Å². The predicted molar refractivity (Wildman–Crippen MR) is 98.1 cm³/mol. The van der Waals surface area contributed by atoms with Gasteiger partial charge in [0.2, 0.25) is 0 Å². The van der Waals surface area contributed by atoms with Gasteiger partial charge in [-0.2, -0.15) is 5.10 Å². The Labute approximate surface area is 145 Å². The van der Waals surface area contributed by atoms with Crippen LogP contribution in [0, 0.1) is 0 Å². The van der Waals surface area contributed by atoms with Crippen LogP contribution in [-0.2, 0) is 12.8 Å². The van der Waals surface area contributed by atoms with E-state index in [4.69, 9.17) is 0 Å². The highest BCUT2D eigenvalue weighted by Crippen LogP contribution is 2.29. The molecule has 0 saturated carbocycles. The van der Waals surface area contributed by atoms with Crippen molar-refractivity contribution in [3.05, 3.63) is 64.8 Å². The van der Waals surface area contributed by atoms with E-state index in [9.17, 15) is 9.90 Å². The highest BCUT2D eigenvalue weighted by molar-refractivity contribution is 5.99. The van der Waals surface area contributed by atoms with E-state index in [2.05, 4.69) is 15.5 Å². The number of carbonyl (C=O) groups excluding carboxylic acids is 1. The van der Waals surface area contributed by atoms with Gasteiger partial charge in [-0.1, -0.05) is 0 Å². The lowest BCUT2D eigenvalue weighted by Crippen LogP contribution is -2.17. The van der Waals surface area contributed by atoms with Crippen molar-refractivity contribution in [2.75, 3.05) is 0 Å². The number of hydrogen-bond acceptors (Lipinski definition) is 3. The van der Waals surface area contributed by atoms with Gasteiger partial charge < -0.3 is 10.1 Å². The van der Waals surface area contributed by atoms with Crippen molar-refractivity contribution in [1.29, 1.82) is 0 Å². The van der Waals surface area contributed by atoms with Crippen LogP contribution in [0.5, 0.6) is 5.75 Å². The number of carbonyl (C=O) groups is 1. The van der Waals surface area contributed by atoms with Crippen LogP contribution in [0.4, 0.5) is 0 Å². The molecule has 126 valence electrons. The average molecular weight is 333 g/mol. The van der Waals surface area contributed by atoms with E-state index < -0.39 is 0 Å². The standard InChI is InChI=1S/C20H19N3O2/c24-15-8-5-13(6-9-15)12-21-23-20(25)14-7-10-19-17(11-14)16-3-1-2-4-18(16)22-19/h5-12,22,24H,1-4H2,(H,23,25)/b21-12+.